The van der Waals surface area contributed by atoms with Gasteiger partial charge in [0.05, 0.1) is 12.5 Å². The van der Waals surface area contributed by atoms with Gasteiger partial charge in [-0.1, -0.05) is 11.6 Å². The summed E-state index contributed by atoms with van der Waals surface area (Å²) in [5, 5.41) is 17.8. The molecule has 13 heavy (non-hydrogen) atoms. The summed E-state index contributed by atoms with van der Waals surface area (Å²) >= 11 is 10.1. The maximum atomic E-state index is 10.3. The maximum Gasteiger partial charge on any atom is 0.306 e. The highest BCUT2D eigenvalue weighted by Crippen LogP contribution is 2.35. The molecule has 0 saturated heterocycles. The highest BCUT2D eigenvalue weighted by molar-refractivity contribution is 9.10. The molecule has 0 amide bonds. The van der Waals surface area contributed by atoms with E-state index in [0.717, 1.165) is 0 Å². The largest absolute Gasteiger partial charge is 0.481 e. The van der Waals surface area contributed by atoms with Crippen LogP contribution in [0, 0.1) is 0 Å². The summed E-state index contributed by atoms with van der Waals surface area (Å²) in [6, 6.07) is 1.63. The number of carboxylic acid groups (broad SMARTS) is 1. The number of hydrogen-bond acceptors (Lipinski definition) is 3. The summed E-state index contributed by atoms with van der Waals surface area (Å²) in [7, 11) is 0. The Balaban J connectivity index is 2.77. The van der Waals surface area contributed by atoms with Crippen LogP contribution in [-0.2, 0) is 4.79 Å². The van der Waals surface area contributed by atoms with E-state index in [1.807, 2.05) is 0 Å². The summed E-state index contributed by atoms with van der Waals surface area (Å²) in [6.45, 7) is 0. The Bertz CT molecular complexity index is 306. The molecule has 0 aliphatic carbocycles. The monoisotopic (exact) mass is 284 g/mol. The molecule has 0 aliphatic rings. The first-order valence-corrected chi connectivity index (χ1v) is 5.34. The molecular formula is C7H6BrClO3S. The van der Waals surface area contributed by atoms with Crippen molar-refractivity contribution in [2.24, 2.45) is 0 Å². The zero-order chi connectivity index (χ0) is 10.0. The van der Waals surface area contributed by atoms with E-state index in [1.54, 1.807) is 6.07 Å². The van der Waals surface area contributed by atoms with Crippen LogP contribution >= 0.6 is 38.9 Å². The normalized spacial score (nSPS) is 12.8. The second-order valence-corrected chi connectivity index (χ2v) is 4.92. The second kappa shape index (κ2) is 4.41. The molecule has 72 valence electrons. The summed E-state index contributed by atoms with van der Waals surface area (Å²) in [6.07, 6.45) is -1.28. The van der Waals surface area contributed by atoms with Crippen molar-refractivity contribution in [3.8, 4) is 0 Å². The van der Waals surface area contributed by atoms with Crippen LogP contribution in [0.2, 0.25) is 4.34 Å². The van der Waals surface area contributed by atoms with E-state index in [4.69, 9.17) is 16.7 Å². The van der Waals surface area contributed by atoms with Crippen LogP contribution in [0.5, 0.6) is 0 Å². The van der Waals surface area contributed by atoms with Gasteiger partial charge in [0.2, 0.25) is 0 Å². The minimum atomic E-state index is -1.03. The van der Waals surface area contributed by atoms with Gasteiger partial charge in [0.1, 0.15) is 4.34 Å². The van der Waals surface area contributed by atoms with E-state index in [0.29, 0.717) is 13.7 Å². The van der Waals surface area contributed by atoms with Crippen molar-refractivity contribution in [3.05, 3.63) is 19.8 Å². The van der Waals surface area contributed by atoms with E-state index in [9.17, 15) is 9.90 Å². The smallest absolute Gasteiger partial charge is 0.306 e. The number of aliphatic hydroxyl groups is 1. The van der Waals surface area contributed by atoms with Crippen molar-refractivity contribution in [2.45, 2.75) is 12.5 Å². The molecule has 1 heterocycles. The molecule has 2 N–H and O–H groups in total. The van der Waals surface area contributed by atoms with Gasteiger partial charge in [0.15, 0.2) is 0 Å². The van der Waals surface area contributed by atoms with Crippen LogP contribution in [0.3, 0.4) is 0 Å². The molecule has 3 nitrogen and oxygen atoms in total. The Morgan fingerprint density at radius 2 is 2.38 bits per heavy atom. The highest BCUT2D eigenvalue weighted by Gasteiger charge is 2.15. The lowest BCUT2D eigenvalue weighted by Crippen LogP contribution is -2.03. The Morgan fingerprint density at radius 3 is 2.77 bits per heavy atom. The third kappa shape index (κ3) is 2.95. The number of aliphatic hydroxyl groups excluding tert-OH is 1. The van der Waals surface area contributed by atoms with Gasteiger partial charge in [-0.2, -0.15) is 0 Å². The van der Waals surface area contributed by atoms with Gasteiger partial charge in [-0.05, 0) is 22.0 Å². The molecule has 0 radical (unpaired) electrons. The lowest BCUT2D eigenvalue weighted by Gasteiger charge is -2.02. The molecule has 0 bridgehead atoms. The fraction of sp³-hybridized carbons (Fsp3) is 0.286. The third-order valence-corrected chi connectivity index (χ3v) is 3.94. The molecule has 0 aromatic carbocycles. The molecule has 0 aliphatic heterocycles. The third-order valence-electron chi connectivity index (χ3n) is 1.36. The Kier molecular flexibility index (Phi) is 3.73. The van der Waals surface area contributed by atoms with Gasteiger partial charge >= 0.3 is 5.97 Å². The Labute approximate surface area is 92.1 Å². The molecule has 0 saturated carbocycles. The molecule has 1 atom stereocenters. The van der Waals surface area contributed by atoms with Gasteiger partial charge in [-0.15, -0.1) is 11.3 Å². The Morgan fingerprint density at radius 1 is 1.77 bits per heavy atom. The quantitative estimate of drug-likeness (QED) is 0.897. The predicted molar refractivity (Wildman–Crippen MR) is 54.2 cm³/mol. The van der Waals surface area contributed by atoms with Crippen molar-refractivity contribution >= 4 is 44.8 Å². The summed E-state index contributed by atoms with van der Waals surface area (Å²) in [5.74, 6) is -1.03. The molecular weight excluding hydrogens is 279 g/mol. The number of rotatable bonds is 3. The fourth-order valence-electron chi connectivity index (χ4n) is 0.794. The fourth-order valence-corrected chi connectivity index (χ4v) is 2.52. The average molecular weight is 286 g/mol. The Hall–Kier alpha value is -0.100. The van der Waals surface area contributed by atoms with Gasteiger partial charge in [-0.25, -0.2) is 0 Å². The van der Waals surface area contributed by atoms with Gasteiger partial charge < -0.3 is 10.2 Å². The van der Waals surface area contributed by atoms with Crippen LogP contribution in [-0.4, -0.2) is 16.2 Å². The molecule has 1 rings (SSSR count). The topological polar surface area (TPSA) is 57.5 Å². The molecule has 6 heteroatoms. The summed E-state index contributed by atoms with van der Waals surface area (Å²) in [5.41, 5.74) is 0. The highest BCUT2D eigenvalue weighted by atomic mass is 79.9. The van der Waals surface area contributed by atoms with Crippen LogP contribution in [0.15, 0.2) is 10.5 Å². The lowest BCUT2D eigenvalue weighted by atomic mass is 10.2. The zero-order valence-corrected chi connectivity index (χ0v) is 9.49. The minimum Gasteiger partial charge on any atom is -0.481 e. The molecule has 1 aromatic heterocycles. The standard InChI is InChI=1S/C7H6BrClO3S/c8-3-1-5(13-7(3)9)4(10)2-6(11)12/h1,4,10H,2H2,(H,11,12). The number of halogens is 2. The van der Waals surface area contributed by atoms with Crippen LogP contribution in [0.4, 0.5) is 0 Å². The van der Waals surface area contributed by atoms with E-state index >= 15 is 0 Å². The van der Waals surface area contributed by atoms with Crippen molar-refractivity contribution in [2.75, 3.05) is 0 Å². The average Bonchev–Trinajstić information content (AvgIpc) is 2.31. The van der Waals surface area contributed by atoms with Gasteiger partial charge in [-0.3, -0.25) is 4.79 Å². The van der Waals surface area contributed by atoms with Gasteiger partial charge in [0, 0.05) is 9.35 Å². The van der Waals surface area contributed by atoms with E-state index in [-0.39, 0.29) is 6.42 Å². The number of carbonyl (C=O) groups is 1. The first-order chi connectivity index (χ1) is 6.00. The summed E-state index contributed by atoms with van der Waals surface area (Å²) in [4.78, 5) is 10.8. The molecule has 1 unspecified atom stereocenters. The first kappa shape index (κ1) is 11.0. The van der Waals surface area contributed by atoms with E-state index in [1.165, 1.54) is 11.3 Å². The predicted octanol–water partition coefficient (Wildman–Crippen LogP) is 2.67. The van der Waals surface area contributed by atoms with E-state index in [2.05, 4.69) is 15.9 Å². The molecule has 0 spiro atoms. The molecule has 1 aromatic rings. The van der Waals surface area contributed by atoms with Gasteiger partial charge in [0.25, 0.3) is 0 Å². The van der Waals surface area contributed by atoms with Crippen LogP contribution < -0.4 is 0 Å². The van der Waals surface area contributed by atoms with Crippen LogP contribution in [0.25, 0.3) is 0 Å². The second-order valence-electron chi connectivity index (χ2n) is 2.38. The van der Waals surface area contributed by atoms with Crippen LogP contribution in [0.1, 0.15) is 17.4 Å². The van der Waals surface area contributed by atoms with Crippen molar-refractivity contribution in [1.82, 2.24) is 0 Å². The number of thiophene rings is 1. The molecule has 0 fully saturated rings. The number of hydrogen-bond donors (Lipinski definition) is 2. The van der Waals surface area contributed by atoms with E-state index < -0.39 is 12.1 Å². The van der Waals surface area contributed by atoms with Crippen molar-refractivity contribution in [1.29, 1.82) is 0 Å². The summed E-state index contributed by atoms with van der Waals surface area (Å²) < 4.78 is 1.19. The SMILES string of the molecule is O=C(O)CC(O)c1cc(Br)c(Cl)s1. The number of aliphatic carboxylic acids is 1. The first-order valence-electron chi connectivity index (χ1n) is 3.35. The van der Waals surface area contributed by atoms with Crippen molar-refractivity contribution in [3.63, 3.8) is 0 Å². The lowest BCUT2D eigenvalue weighted by molar-refractivity contribution is -0.139. The zero-order valence-electron chi connectivity index (χ0n) is 6.33. The van der Waals surface area contributed by atoms with Crippen molar-refractivity contribution < 1.29 is 15.0 Å². The maximum absolute atomic E-state index is 10.3. The minimum absolute atomic E-state index is 0.302. The number of carboxylic acids is 1.